The van der Waals surface area contributed by atoms with Gasteiger partial charge in [-0.3, -0.25) is 0 Å². The van der Waals surface area contributed by atoms with Crippen LogP contribution in [0.25, 0.3) is 0 Å². The lowest BCUT2D eigenvalue weighted by Crippen LogP contribution is -2.23. The van der Waals surface area contributed by atoms with E-state index < -0.39 is 30.1 Å². The van der Waals surface area contributed by atoms with Gasteiger partial charge >= 0.3 is 6.18 Å². The minimum Gasteiger partial charge on any atom is -0.300 e. The average Bonchev–Trinajstić information content (AvgIpc) is 2.14. The Balaban J connectivity index is 3.01. The molecule has 1 aromatic rings. The maximum atomic E-state index is 12.6. The molecule has 0 heterocycles. The first kappa shape index (κ1) is 12.7. The van der Waals surface area contributed by atoms with Crippen LogP contribution < -0.4 is 0 Å². The molecule has 0 saturated heterocycles. The van der Waals surface area contributed by atoms with Gasteiger partial charge in [-0.05, 0) is 24.6 Å². The number of hydrogen-bond acceptors (Lipinski definition) is 1. The zero-order valence-corrected chi connectivity index (χ0v) is 8.51. The molecular weight excluding hydrogens is 224 g/mol. The third-order valence-corrected chi connectivity index (χ3v) is 2.16. The molecule has 0 unspecified atom stereocenters. The Morgan fingerprint density at radius 1 is 1.25 bits per heavy atom. The smallest absolute Gasteiger partial charge is 0.300 e. The third-order valence-electron chi connectivity index (χ3n) is 2.16. The van der Waals surface area contributed by atoms with Gasteiger partial charge in [0.25, 0.3) is 0 Å². The maximum absolute atomic E-state index is 12.6. The predicted molar refractivity (Wildman–Crippen MR) is 50.5 cm³/mol. The number of carbonyl (C=O) groups excluding carboxylic acids is 1. The minimum absolute atomic E-state index is 0.0934. The minimum atomic E-state index is -4.50. The second kappa shape index (κ2) is 4.63. The van der Waals surface area contributed by atoms with Crippen LogP contribution in [0.15, 0.2) is 24.3 Å². The number of hydrogen-bond donors (Lipinski definition) is 0. The van der Waals surface area contributed by atoms with Crippen molar-refractivity contribution in [3.05, 3.63) is 35.6 Å². The summed E-state index contributed by atoms with van der Waals surface area (Å²) in [5.74, 6) is -3.01. The summed E-state index contributed by atoms with van der Waals surface area (Å²) < 4.78 is 50.4. The standard InChI is InChI=1S/C11H10F4O/c1-7(16)6-10(11(13,14)15)8-2-4-9(12)5-3-8/h2-5,10H,6H2,1H3/t10-/m0/s1. The van der Waals surface area contributed by atoms with Crippen LogP contribution in [0.2, 0.25) is 0 Å². The van der Waals surface area contributed by atoms with E-state index >= 15 is 0 Å². The highest BCUT2D eigenvalue weighted by molar-refractivity contribution is 5.76. The van der Waals surface area contributed by atoms with E-state index in [0.29, 0.717) is 0 Å². The van der Waals surface area contributed by atoms with Gasteiger partial charge in [0.2, 0.25) is 0 Å². The molecule has 0 aromatic heterocycles. The molecule has 0 bridgehead atoms. The SMILES string of the molecule is CC(=O)C[C@@H](c1ccc(F)cc1)C(F)(F)F. The molecule has 1 atom stereocenters. The lowest BCUT2D eigenvalue weighted by molar-refractivity contribution is -0.156. The van der Waals surface area contributed by atoms with Crippen molar-refractivity contribution in [3.63, 3.8) is 0 Å². The van der Waals surface area contributed by atoms with E-state index in [9.17, 15) is 22.4 Å². The molecular formula is C11H10F4O. The molecule has 0 aliphatic rings. The molecule has 1 aromatic carbocycles. The molecule has 0 aliphatic carbocycles. The van der Waals surface area contributed by atoms with Crippen LogP contribution in [-0.4, -0.2) is 12.0 Å². The van der Waals surface area contributed by atoms with Crippen molar-refractivity contribution in [1.82, 2.24) is 0 Å². The van der Waals surface area contributed by atoms with E-state index in [-0.39, 0.29) is 5.56 Å². The van der Waals surface area contributed by atoms with Crippen molar-refractivity contribution < 1.29 is 22.4 Å². The fourth-order valence-electron chi connectivity index (χ4n) is 1.41. The van der Waals surface area contributed by atoms with Crippen molar-refractivity contribution in [2.45, 2.75) is 25.4 Å². The Labute approximate surface area is 90.1 Å². The lowest BCUT2D eigenvalue weighted by Gasteiger charge is -2.19. The number of Topliss-reactive ketones (excluding diaryl/α,β-unsaturated/α-hetero) is 1. The molecule has 0 fully saturated rings. The molecule has 0 aliphatic heterocycles. The van der Waals surface area contributed by atoms with Crippen LogP contribution in [0, 0.1) is 5.82 Å². The highest BCUT2D eigenvalue weighted by atomic mass is 19.4. The largest absolute Gasteiger partial charge is 0.396 e. The Kier molecular flexibility index (Phi) is 3.67. The van der Waals surface area contributed by atoms with E-state index in [1.165, 1.54) is 0 Å². The highest BCUT2D eigenvalue weighted by Crippen LogP contribution is 2.37. The van der Waals surface area contributed by atoms with E-state index in [4.69, 9.17) is 0 Å². The summed E-state index contributed by atoms with van der Waals surface area (Å²) in [6, 6.07) is 4.01. The van der Waals surface area contributed by atoms with E-state index in [2.05, 4.69) is 0 Å². The Morgan fingerprint density at radius 3 is 2.12 bits per heavy atom. The van der Waals surface area contributed by atoms with Gasteiger partial charge in [-0.1, -0.05) is 12.1 Å². The van der Waals surface area contributed by atoms with Gasteiger partial charge in [-0.25, -0.2) is 4.39 Å². The summed E-state index contributed by atoms with van der Waals surface area (Å²) >= 11 is 0. The lowest BCUT2D eigenvalue weighted by atomic mass is 9.93. The van der Waals surface area contributed by atoms with Crippen LogP contribution in [0.5, 0.6) is 0 Å². The first-order chi connectivity index (χ1) is 7.30. The van der Waals surface area contributed by atoms with E-state index in [1.54, 1.807) is 0 Å². The number of halogens is 4. The number of rotatable bonds is 3. The van der Waals surface area contributed by atoms with Crippen LogP contribution in [0.3, 0.4) is 0 Å². The molecule has 0 N–H and O–H groups in total. The van der Waals surface area contributed by atoms with Gasteiger partial charge in [-0.2, -0.15) is 13.2 Å². The summed E-state index contributed by atoms with van der Waals surface area (Å²) in [6.07, 6.45) is -5.11. The van der Waals surface area contributed by atoms with Crippen LogP contribution in [-0.2, 0) is 4.79 Å². The van der Waals surface area contributed by atoms with Gasteiger partial charge in [0.1, 0.15) is 11.6 Å². The van der Waals surface area contributed by atoms with E-state index in [1.807, 2.05) is 0 Å². The van der Waals surface area contributed by atoms with Crippen molar-refractivity contribution in [1.29, 1.82) is 0 Å². The molecule has 0 radical (unpaired) electrons. The molecule has 0 amide bonds. The highest BCUT2D eigenvalue weighted by Gasteiger charge is 2.41. The molecule has 1 nitrogen and oxygen atoms in total. The number of alkyl halides is 3. The van der Waals surface area contributed by atoms with Gasteiger partial charge in [0.15, 0.2) is 0 Å². The molecule has 16 heavy (non-hydrogen) atoms. The quantitative estimate of drug-likeness (QED) is 0.732. The van der Waals surface area contributed by atoms with Crippen molar-refractivity contribution in [2.24, 2.45) is 0 Å². The van der Waals surface area contributed by atoms with Gasteiger partial charge in [-0.15, -0.1) is 0 Å². The molecule has 88 valence electrons. The summed E-state index contributed by atoms with van der Waals surface area (Å²) in [6.45, 7) is 1.10. The number of ketones is 1. The van der Waals surface area contributed by atoms with Crippen LogP contribution in [0.4, 0.5) is 17.6 Å². The van der Waals surface area contributed by atoms with Crippen molar-refractivity contribution in [2.75, 3.05) is 0 Å². The second-order valence-electron chi connectivity index (χ2n) is 3.55. The normalized spacial score (nSPS) is 13.6. The molecule has 5 heteroatoms. The first-order valence-corrected chi connectivity index (χ1v) is 4.62. The average molecular weight is 234 g/mol. The van der Waals surface area contributed by atoms with Crippen LogP contribution in [0.1, 0.15) is 24.8 Å². The summed E-state index contributed by atoms with van der Waals surface area (Å²) in [5.41, 5.74) is -0.0934. The Morgan fingerprint density at radius 2 is 1.75 bits per heavy atom. The summed E-state index contributed by atoms with van der Waals surface area (Å²) in [4.78, 5) is 10.8. The number of benzene rings is 1. The monoisotopic (exact) mass is 234 g/mol. The molecule has 0 spiro atoms. The van der Waals surface area contributed by atoms with Gasteiger partial charge in [0, 0.05) is 6.42 Å². The van der Waals surface area contributed by atoms with E-state index in [0.717, 1.165) is 31.2 Å². The summed E-state index contributed by atoms with van der Waals surface area (Å²) in [5, 5.41) is 0. The Hall–Kier alpha value is -1.39. The number of carbonyl (C=O) groups is 1. The van der Waals surface area contributed by atoms with Gasteiger partial charge < -0.3 is 4.79 Å². The fraction of sp³-hybridized carbons (Fsp3) is 0.364. The fourth-order valence-corrected chi connectivity index (χ4v) is 1.41. The van der Waals surface area contributed by atoms with Crippen LogP contribution >= 0.6 is 0 Å². The topological polar surface area (TPSA) is 17.1 Å². The second-order valence-corrected chi connectivity index (χ2v) is 3.55. The maximum Gasteiger partial charge on any atom is 0.396 e. The predicted octanol–water partition coefficient (Wildman–Crippen LogP) is 3.45. The van der Waals surface area contributed by atoms with Crippen molar-refractivity contribution >= 4 is 5.78 Å². The summed E-state index contributed by atoms with van der Waals surface area (Å²) in [7, 11) is 0. The molecule has 1 rings (SSSR count). The zero-order valence-electron chi connectivity index (χ0n) is 8.51. The zero-order chi connectivity index (χ0) is 12.3. The Bertz CT molecular complexity index is 367. The third kappa shape index (κ3) is 3.32. The molecule has 0 saturated carbocycles. The van der Waals surface area contributed by atoms with Gasteiger partial charge in [0.05, 0.1) is 5.92 Å². The van der Waals surface area contributed by atoms with Crippen molar-refractivity contribution in [3.8, 4) is 0 Å². The first-order valence-electron chi connectivity index (χ1n) is 4.62.